The van der Waals surface area contributed by atoms with E-state index in [0.29, 0.717) is 28.0 Å². The first-order valence-corrected chi connectivity index (χ1v) is 11.8. The Labute approximate surface area is 179 Å². The van der Waals surface area contributed by atoms with Gasteiger partial charge in [0.15, 0.2) is 5.13 Å². The maximum Gasteiger partial charge on any atom is 0.262 e. The zero-order chi connectivity index (χ0) is 21.3. The SMILES string of the molecule is COc1ccccc1NS(=O)(=O)c1cc(C(=O)Nc2nc(C3CC3)cs2)ccc1C. The molecule has 0 atom stereocenters. The predicted octanol–water partition coefficient (Wildman–Crippen LogP) is 4.39. The lowest BCUT2D eigenvalue weighted by atomic mass is 10.1. The first-order chi connectivity index (χ1) is 14.4. The van der Waals surface area contributed by atoms with Crippen LogP contribution in [0.3, 0.4) is 0 Å². The van der Waals surface area contributed by atoms with Crippen molar-refractivity contribution in [1.29, 1.82) is 0 Å². The molecular formula is C21H21N3O4S2. The third-order valence-electron chi connectivity index (χ3n) is 4.83. The number of methoxy groups -OCH3 is 1. The Balaban J connectivity index is 1.57. The Bertz CT molecular complexity index is 1200. The summed E-state index contributed by atoms with van der Waals surface area (Å²) in [6.07, 6.45) is 2.27. The molecule has 1 aromatic heterocycles. The summed E-state index contributed by atoms with van der Waals surface area (Å²) < 4.78 is 33.8. The largest absolute Gasteiger partial charge is 0.495 e. The predicted molar refractivity (Wildman–Crippen MR) is 117 cm³/mol. The summed E-state index contributed by atoms with van der Waals surface area (Å²) >= 11 is 1.37. The number of nitrogens with zero attached hydrogens (tertiary/aromatic N) is 1. The number of aromatic nitrogens is 1. The van der Waals surface area contributed by atoms with E-state index in [1.165, 1.54) is 24.5 Å². The highest BCUT2D eigenvalue weighted by Crippen LogP contribution is 2.41. The summed E-state index contributed by atoms with van der Waals surface area (Å²) in [7, 11) is -2.46. The van der Waals surface area contributed by atoms with Gasteiger partial charge in [0.2, 0.25) is 0 Å². The molecule has 0 aliphatic heterocycles. The lowest BCUT2D eigenvalue weighted by molar-refractivity contribution is 0.102. The second kappa shape index (κ2) is 8.08. The second-order valence-electron chi connectivity index (χ2n) is 7.09. The normalized spacial score (nSPS) is 13.7. The van der Waals surface area contributed by atoms with Gasteiger partial charge in [0.1, 0.15) is 5.75 Å². The number of sulfonamides is 1. The summed E-state index contributed by atoms with van der Waals surface area (Å²) in [4.78, 5) is 17.1. The minimum atomic E-state index is -3.93. The van der Waals surface area contributed by atoms with E-state index in [1.807, 2.05) is 5.38 Å². The highest BCUT2D eigenvalue weighted by molar-refractivity contribution is 7.92. The molecular weight excluding hydrogens is 422 g/mol. The zero-order valence-electron chi connectivity index (χ0n) is 16.5. The Hall–Kier alpha value is -2.91. The van der Waals surface area contributed by atoms with Crippen LogP contribution >= 0.6 is 11.3 Å². The summed E-state index contributed by atoms with van der Waals surface area (Å²) in [5, 5.41) is 5.23. The molecule has 0 bridgehead atoms. The fraction of sp³-hybridized carbons (Fsp3) is 0.238. The summed E-state index contributed by atoms with van der Waals surface area (Å²) in [5.74, 6) is 0.507. The molecule has 30 heavy (non-hydrogen) atoms. The molecule has 1 heterocycles. The van der Waals surface area contributed by atoms with Crippen molar-refractivity contribution in [2.24, 2.45) is 0 Å². The molecule has 0 spiro atoms. The van der Waals surface area contributed by atoms with Crippen LogP contribution in [0.5, 0.6) is 5.75 Å². The first kappa shape index (κ1) is 20.4. The number of hydrogen-bond acceptors (Lipinski definition) is 6. The number of carbonyl (C=O) groups excluding carboxylic acids is 1. The van der Waals surface area contributed by atoms with E-state index in [1.54, 1.807) is 43.3 Å². The fourth-order valence-corrected chi connectivity index (χ4v) is 5.17. The van der Waals surface area contributed by atoms with Crippen LogP contribution in [-0.4, -0.2) is 26.4 Å². The number of ether oxygens (including phenoxy) is 1. The summed E-state index contributed by atoms with van der Waals surface area (Å²) in [6, 6.07) is 11.3. The van der Waals surface area contributed by atoms with E-state index in [9.17, 15) is 13.2 Å². The van der Waals surface area contributed by atoms with Gasteiger partial charge in [0.25, 0.3) is 15.9 Å². The maximum absolute atomic E-state index is 13.0. The van der Waals surface area contributed by atoms with Gasteiger partial charge in [-0.15, -0.1) is 11.3 Å². The van der Waals surface area contributed by atoms with Gasteiger partial charge in [-0.3, -0.25) is 14.8 Å². The lowest BCUT2D eigenvalue weighted by Gasteiger charge is -2.14. The number of hydrogen-bond donors (Lipinski definition) is 2. The Morgan fingerprint density at radius 2 is 1.97 bits per heavy atom. The quantitative estimate of drug-likeness (QED) is 0.564. The molecule has 3 aromatic rings. The van der Waals surface area contributed by atoms with Gasteiger partial charge in [0, 0.05) is 16.9 Å². The monoisotopic (exact) mass is 443 g/mol. The fourth-order valence-electron chi connectivity index (χ4n) is 3.04. The summed E-state index contributed by atoms with van der Waals surface area (Å²) in [5.41, 5.74) is 2.09. The number of para-hydroxylation sites is 2. The van der Waals surface area contributed by atoms with Gasteiger partial charge < -0.3 is 4.74 Å². The molecule has 1 aliphatic carbocycles. The molecule has 1 aliphatic rings. The molecule has 4 rings (SSSR count). The van der Waals surface area contributed by atoms with Crippen LogP contribution in [0, 0.1) is 6.92 Å². The van der Waals surface area contributed by atoms with E-state index in [2.05, 4.69) is 15.0 Å². The molecule has 1 saturated carbocycles. The van der Waals surface area contributed by atoms with Crippen LogP contribution in [0.4, 0.5) is 10.8 Å². The van der Waals surface area contributed by atoms with Crippen LogP contribution in [0.25, 0.3) is 0 Å². The van der Waals surface area contributed by atoms with E-state index >= 15 is 0 Å². The van der Waals surface area contributed by atoms with Crippen LogP contribution in [0.1, 0.15) is 40.4 Å². The number of rotatable bonds is 7. The molecule has 0 unspecified atom stereocenters. The molecule has 1 amide bonds. The topological polar surface area (TPSA) is 97.4 Å². The number of anilines is 2. The number of nitrogens with one attached hydrogen (secondary N) is 2. The smallest absolute Gasteiger partial charge is 0.262 e. The van der Waals surface area contributed by atoms with Gasteiger partial charge in [0.05, 0.1) is 23.4 Å². The molecule has 0 saturated heterocycles. The van der Waals surface area contributed by atoms with Crippen LogP contribution < -0.4 is 14.8 Å². The van der Waals surface area contributed by atoms with Gasteiger partial charge >= 0.3 is 0 Å². The second-order valence-corrected chi connectivity index (χ2v) is 9.60. The van der Waals surface area contributed by atoms with Crippen LogP contribution in [0.15, 0.2) is 52.7 Å². The molecule has 9 heteroatoms. The van der Waals surface area contributed by atoms with Gasteiger partial charge in [-0.2, -0.15) is 0 Å². The average molecular weight is 444 g/mol. The number of carbonyl (C=O) groups is 1. The summed E-state index contributed by atoms with van der Waals surface area (Å²) in [6.45, 7) is 1.68. The minimum absolute atomic E-state index is 0.0267. The van der Waals surface area contributed by atoms with E-state index in [4.69, 9.17) is 4.74 Å². The Morgan fingerprint density at radius 3 is 2.70 bits per heavy atom. The highest BCUT2D eigenvalue weighted by Gasteiger charge is 2.26. The third kappa shape index (κ3) is 4.31. The van der Waals surface area contributed by atoms with Gasteiger partial charge in [-0.05, 0) is 49.6 Å². The van der Waals surface area contributed by atoms with Crippen molar-refractivity contribution in [1.82, 2.24) is 4.98 Å². The van der Waals surface area contributed by atoms with Gasteiger partial charge in [-0.25, -0.2) is 13.4 Å². The number of amides is 1. The zero-order valence-corrected chi connectivity index (χ0v) is 18.1. The third-order valence-corrected chi connectivity index (χ3v) is 7.11. The van der Waals surface area contributed by atoms with Crippen molar-refractivity contribution in [3.8, 4) is 5.75 Å². The number of aryl methyl sites for hydroxylation is 1. The molecule has 156 valence electrons. The lowest BCUT2D eigenvalue weighted by Crippen LogP contribution is -2.17. The van der Waals surface area contributed by atoms with E-state index in [-0.39, 0.29) is 10.5 Å². The molecule has 7 nitrogen and oxygen atoms in total. The Kier molecular flexibility index (Phi) is 5.48. The van der Waals surface area contributed by atoms with E-state index in [0.717, 1.165) is 18.5 Å². The van der Waals surface area contributed by atoms with Crippen molar-refractivity contribution in [3.63, 3.8) is 0 Å². The standard InChI is InChI=1S/C21H21N3O4S2/c1-13-7-8-15(20(25)23-21-22-17(12-29-21)14-9-10-14)11-19(13)30(26,27)24-16-5-3-4-6-18(16)28-2/h3-8,11-12,14,24H,9-10H2,1-2H3,(H,22,23,25). The van der Waals surface area contributed by atoms with Crippen molar-refractivity contribution < 1.29 is 17.9 Å². The molecule has 2 N–H and O–H groups in total. The van der Waals surface area contributed by atoms with Gasteiger partial charge in [-0.1, -0.05) is 18.2 Å². The van der Waals surface area contributed by atoms with Crippen molar-refractivity contribution >= 4 is 38.1 Å². The van der Waals surface area contributed by atoms with Crippen LogP contribution in [0.2, 0.25) is 0 Å². The average Bonchev–Trinajstić information content (AvgIpc) is 3.47. The molecule has 0 radical (unpaired) electrons. The minimum Gasteiger partial charge on any atom is -0.495 e. The van der Waals surface area contributed by atoms with E-state index < -0.39 is 15.9 Å². The first-order valence-electron chi connectivity index (χ1n) is 9.40. The van der Waals surface area contributed by atoms with Crippen molar-refractivity contribution in [2.45, 2.75) is 30.6 Å². The number of benzene rings is 2. The highest BCUT2D eigenvalue weighted by atomic mass is 32.2. The molecule has 2 aromatic carbocycles. The number of thiazole rings is 1. The Morgan fingerprint density at radius 1 is 1.20 bits per heavy atom. The molecule has 1 fully saturated rings. The maximum atomic E-state index is 13.0. The van der Waals surface area contributed by atoms with Crippen LogP contribution in [-0.2, 0) is 10.0 Å². The van der Waals surface area contributed by atoms with Crippen molar-refractivity contribution in [2.75, 3.05) is 17.1 Å². The van der Waals surface area contributed by atoms with Crippen molar-refractivity contribution in [3.05, 3.63) is 64.7 Å².